The molecule has 0 radical (unpaired) electrons. The van der Waals surface area contributed by atoms with E-state index in [1.165, 1.54) is 0 Å². The van der Waals surface area contributed by atoms with E-state index in [4.69, 9.17) is 0 Å². The lowest BCUT2D eigenvalue weighted by Crippen LogP contribution is -2.43. The lowest BCUT2D eigenvalue weighted by molar-refractivity contribution is -0.130. The third-order valence-electron chi connectivity index (χ3n) is 3.11. The average molecular weight is 181 g/mol. The third-order valence-corrected chi connectivity index (χ3v) is 3.11. The molecule has 1 amide bonds. The molecule has 0 saturated carbocycles. The van der Waals surface area contributed by atoms with Crippen LogP contribution in [0.5, 0.6) is 0 Å². The lowest BCUT2D eigenvalue weighted by Gasteiger charge is -2.38. The molecule has 2 aliphatic rings. The largest absolute Gasteiger partial charge is 0.459 e. The first-order valence-electron chi connectivity index (χ1n) is 5.12. The number of carbonyl (C=O) groups is 1. The molecule has 0 unspecified atom stereocenters. The van der Waals surface area contributed by atoms with Gasteiger partial charge < -0.3 is 9.80 Å². The molecule has 3 heteroatoms. The molecule has 0 aliphatic carbocycles. The molecule has 0 aromatic heterocycles. The maximum absolute atomic E-state index is 11.5. The molecular weight excluding hydrogens is 164 g/mol. The number of hydrogen-bond acceptors (Lipinski definition) is 2. The summed E-state index contributed by atoms with van der Waals surface area (Å²) in [5, 5.41) is 0. The van der Waals surface area contributed by atoms with Crippen LogP contribution in [-0.2, 0) is 4.79 Å². The second kappa shape index (κ2) is 3.66. The fraction of sp³-hybridized carbons (Fsp3) is 0.800. The second-order valence-corrected chi connectivity index (χ2v) is 4.04. The van der Waals surface area contributed by atoms with Crippen LogP contribution in [0.3, 0.4) is 0 Å². The van der Waals surface area contributed by atoms with Gasteiger partial charge in [-0.3, -0.25) is 11.8 Å². The molecule has 3 nitrogen and oxygen atoms in total. The van der Waals surface area contributed by atoms with Gasteiger partial charge in [0, 0.05) is 19.0 Å². The minimum Gasteiger partial charge on any atom is -0.459 e. The van der Waals surface area contributed by atoms with E-state index in [0.717, 1.165) is 45.3 Å². The van der Waals surface area contributed by atoms with Crippen molar-refractivity contribution in [3.8, 4) is 0 Å². The van der Waals surface area contributed by atoms with E-state index in [1.807, 2.05) is 0 Å². The van der Waals surface area contributed by atoms with E-state index in [2.05, 4.69) is 16.8 Å². The zero-order valence-electron chi connectivity index (χ0n) is 8.04. The van der Waals surface area contributed by atoms with E-state index >= 15 is 0 Å². The zero-order valence-corrected chi connectivity index (χ0v) is 8.04. The van der Waals surface area contributed by atoms with Crippen LogP contribution >= 0.6 is 0 Å². The maximum atomic E-state index is 11.5. The number of hydrogen-bond donors (Lipinski definition) is 0. The Morgan fingerprint density at radius 3 is 2.46 bits per heavy atom. The molecule has 0 aromatic carbocycles. The summed E-state index contributed by atoms with van der Waals surface area (Å²) in [6.07, 6.45) is 4.04. The van der Waals surface area contributed by atoms with Gasteiger partial charge in [0.15, 0.2) is 0 Å². The summed E-state index contributed by atoms with van der Waals surface area (Å²) in [5.41, 5.74) is 0. The predicted molar refractivity (Wildman–Crippen MR) is 50.9 cm³/mol. The highest BCUT2D eigenvalue weighted by molar-refractivity contribution is 5.78. The van der Waals surface area contributed by atoms with Gasteiger partial charge in [0.25, 0.3) is 0 Å². The van der Waals surface area contributed by atoms with Gasteiger partial charge in [-0.2, -0.15) is 0 Å². The van der Waals surface area contributed by atoms with Crippen LogP contribution in [0.4, 0.5) is 0 Å². The molecule has 0 atom stereocenters. The fourth-order valence-corrected chi connectivity index (χ4v) is 2.29. The van der Waals surface area contributed by atoms with Crippen LogP contribution < -0.4 is 0 Å². The average Bonchev–Trinajstić information content (AvgIpc) is 2.53. The van der Waals surface area contributed by atoms with Crippen molar-refractivity contribution in [3.05, 3.63) is 7.05 Å². The number of amides is 1. The van der Waals surface area contributed by atoms with Crippen molar-refractivity contribution in [2.45, 2.75) is 31.7 Å². The van der Waals surface area contributed by atoms with Gasteiger partial charge in [-0.05, 0) is 32.4 Å². The van der Waals surface area contributed by atoms with Crippen LogP contribution in [0, 0.1) is 7.05 Å². The standard InChI is InChI=1S/C10H17N2O/c1-11-7-4-9(5-8-11)12-6-2-3-10(12)13/h9H,1-8H2/q-1. The Bertz CT molecular complexity index is 197. The summed E-state index contributed by atoms with van der Waals surface area (Å²) < 4.78 is 0. The molecule has 2 saturated heterocycles. The highest BCUT2D eigenvalue weighted by Crippen LogP contribution is 2.21. The van der Waals surface area contributed by atoms with Crippen molar-refractivity contribution in [2.75, 3.05) is 19.6 Å². The predicted octanol–water partition coefficient (Wildman–Crippen LogP) is 0.865. The maximum Gasteiger partial charge on any atom is 0.222 e. The monoisotopic (exact) mass is 181 g/mol. The van der Waals surface area contributed by atoms with Gasteiger partial charge >= 0.3 is 0 Å². The van der Waals surface area contributed by atoms with Gasteiger partial charge in [0.1, 0.15) is 0 Å². The molecule has 2 aliphatic heterocycles. The molecule has 74 valence electrons. The van der Waals surface area contributed by atoms with E-state index in [9.17, 15) is 4.79 Å². The molecule has 2 rings (SSSR count). The van der Waals surface area contributed by atoms with Crippen molar-refractivity contribution in [3.63, 3.8) is 0 Å². The number of nitrogens with zero attached hydrogens (tertiary/aromatic N) is 2. The Kier molecular flexibility index (Phi) is 2.54. The molecule has 13 heavy (non-hydrogen) atoms. The molecule has 0 aromatic rings. The first-order valence-corrected chi connectivity index (χ1v) is 5.12. The zero-order chi connectivity index (χ0) is 9.26. The van der Waals surface area contributed by atoms with Crippen LogP contribution in [0.2, 0.25) is 0 Å². The molecule has 2 fully saturated rings. The van der Waals surface area contributed by atoms with Crippen molar-refractivity contribution in [1.29, 1.82) is 0 Å². The minimum atomic E-state index is 0.363. The Labute approximate surface area is 79.7 Å². The number of carbonyl (C=O) groups excluding carboxylic acids is 1. The van der Waals surface area contributed by atoms with E-state index in [1.54, 1.807) is 0 Å². The van der Waals surface area contributed by atoms with Crippen LogP contribution in [0.1, 0.15) is 25.7 Å². The van der Waals surface area contributed by atoms with Crippen molar-refractivity contribution in [2.24, 2.45) is 0 Å². The van der Waals surface area contributed by atoms with Crippen LogP contribution in [0.25, 0.3) is 0 Å². The number of rotatable bonds is 1. The summed E-state index contributed by atoms with van der Waals surface area (Å²) in [6, 6.07) is 0.507. The SMILES string of the molecule is [CH2-]N1CCC(N2CCCC2=O)CC1. The summed E-state index contributed by atoms with van der Waals surface area (Å²) >= 11 is 0. The van der Waals surface area contributed by atoms with Gasteiger partial charge in [-0.15, -0.1) is 0 Å². The van der Waals surface area contributed by atoms with E-state index < -0.39 is 0 Å². The summed E-state index contributed by atoms with van der Waals surface area (Å²) in [5.74, 6) is 0.363. The number of piperidine rings is 1. The summed E-state index contributed by atoms with van der Waals surface area (Å²) in [7, 11) is 3.91. The lowest BCUT2D eigenvalue weighted by atomic mass is 10.0. The number of likely N-dealkylation sites (tertiary alicyclic amines) is 2. The van der Waals surface area contributed by atoms with Crippen molar-refractivity contribution < 1.29 is 4.79 Å². The molecule has 2 heterocycles. The Morgan fingerprint density at radius 2 is 1.92 bits per heavy atom. The fourth-order valence-electron chi connectivity index (χ4n) is 2.29. The minimum absolute atomic E-state index is 0.363. The van der Waals surface area contributed by atoms with Gasteiger partial charge in [-0.1, -0.05) is 0 Å². The molecular formula is C10H17N2O-. The van der Waals surface area contributed by atoms with Crippen LogP contribution in [-0.4, -0.2) is 41.4 Å². The molecule has 0 N–H and O–H groups in total. The van der Waals surface area contributed by atoms with Crippen LogP contribution in [0.15, 0.2) is 0 Å². The quantitative estimate of drug-likeness (QED) is 0.560. The Hall–Kier alpha value is -0.570. The van der Waals surface area contributed by atoms with Gasteiger partial charge in [0.2, 0.25) is 5.91 Å². The van der Waals surface area contributed by atoms with Gasteiger partial charge in [-0.25, -0.2) is 0 Å². The Balaban J connectivity index is 1.90. The van der Waals surface area contributed by atoms with Gasteiger partial charge in [0.05, 0.1) is 0 Å². The molecule has 0 spiro atoms. The summed E-state index contributed by atoms with van der Waals surface area (Å²) in [6.45, 7) is 3.06. The highest BCUT2D eigenvalue weighted by atomic mass is 16.2. The summed E-state index contributed by atoms with van der Waals surface area (Å²) in [4.78, 5) is 15.6. The van der Waals surface area contributed by atoms with Crippen molar-refractivity contribution >= 4 is 5.91 Å². The van der Waals surface area contributed by atoms with E-state index in [0.29, 0.717) is 11.9 Å². The smallest absolute Gasteiger partial charge is 0.222 e. The van der Waals surface area contributed by atoms with Crippen molar-refractivity contribution in [1.82, 2.24) is 9.80 Å². The second-order valence-electron chi connectivity index (χ2n) is 4.04. The van der Waals surface area contributed by atoms with E-state index in [-0.39, 0.29) is 0 Å². The third kappa shape index (κ3) is 1.85. The normalized spacial score (nSPS) is 27.2. The molecule has 0 bridgehead atoms. The highest BCUT2D eigenvalue weighted by Gasteiger charge is 2.28. The topological polar surface area (TPSA) is 23.6 Å². The first-order chi connectivity index (χ1) is 6.27. The Morgan fingerprint density at radius 1 is 1.23 bits per heavy atom. The first kappa shape index (κ1) is 9.00.